The Balaban J connectivity index is 1.56. The van der Waals surface area contributed by atoms with Crippen LogP contribution in [0.1, 0.15) is 30.0 Å². The molecule has 1 atom stereocenters. The highest BCUT2D eigenvalue weighted by Gasteiger charge is 2.30. The number of hydrogen-bond donors (Lipinski definition) is 0. The van der Waals surface area contributed by atoms with Gasteiger partial charge in [-0.25, -0.2) is 18.7 Å². The first-order valence-electron chi connectivity index (χ1n) is 9.70. The van der Waals surface area contributed by atoms with Crippen molar-refractivity contribution < 1.29 is 8.78 Å². The molecule has 1 aliphatic heterocycles. The molecule has 0 bridgehead atoms. The predicted octanol–water partition coefficient (Wildman–Crippen LogP) is 4.91. The Labute approximate surface area is 171 Å². The zero-order valence-electron chi connectivity index (χ0n) is 16.0. The second-order valence-electron chi connectivity index (χ2n) is 7.30. The standard InChI is InChI=1S/C23H17F2N5/c24-16-5-8-19(25)18(12-16)21-2-1-11-29(21)22-10-9-20-23(28-22)30(14-27-20)17-6-3-15(13-26)4-7-17/h3-10,12,14,21H,1-2,11H2/t21-/m1/s1. The fourth-order valence-corrected chi connectivity index (χ4v) is 4.06. The molecule has 5 rings (SSSR count). The van der Waals surface area contributed by atoms with Crippen LogP contribution in [0.3, 0.4) is 0 Å². The smallest absolute Gasteiger partial charge is 0.166 e. The molecule has 0 spiro atoms. The summed E-state index contributed by atoms with van der Waals surface area (Å²) >= 11 is 0. The molecule has 148 valence electrons. The summed E-state index contributed by atoms with van der Waals surface area (Å²) in [5, 5.41) is 9.01. The van der Waals surface area contributed by atoms with E-state index in [-0.39, 0.29) is 6.04 Å². The molecule has 0 unspecified atom stereocenters. The lowest BCUT2D eigenvalue weighted by Gasteiger charge is -2.26. The Kier molecular flexibility index (Phi) is 4.40. The minimum atomic E-state index is -0.444. The summed E-state index contributed by atoms with van der Waals surface area (Å²) in [6, 6.07) is 16.4. The van der Waals surface area contributed by atoms with E-state index in [2.05, 4.69) is 11.1 Å². The molecule has 3 heterocycles. The number of nitrogens with zero attached hydrogens (tertiary/aromatic N) is 5. The average molecular weight is 401 g/mol. The molecule has 7 heteroatoms. The molecule has 1 aliphatic rings. The van der Waals surface area contributed by atoms with E-state index in [1.54, 1.807) is 18.5 Å². The van der Waals surface area contributed by atoms with Gasteiger partial charge in [0.25, 0.3) is 0 Å². The van der Waals surface area contributed by atoms with E-state index in [0.717, 1.165) is 30.1 Å². The molecule has 0 saturated carbocycles. The van der Waals surface area contributed by atoms with Crippen molar-refractivity contribution in [2.24, 2.45) is 0 Å². The second-order valence-corrected chi connectivity index (χ2v) is 7.30. The molecule has 0 aliphatic carbocycles. The number of rotatable bonds is 3. The van der Waals surface area contributed by atoms with Gasteiger partial charge in [-0.05, 0) is 67.4 Å². The highest BCUT2D eigenvalue weighted by atomic mass is 19.1. The number of benzene rings is 2. The molecule has 4 aromatic rings. The number of nitriles is 1. The van der Waals surface area contributed by atoms with Crippen LogP contribution in [0.4, 0.5) is 14.6 Å². The van der Waals surface area contributed by atoms with Crippen LogP contribution in [0.2, 0.25) is 0 Å². The monoisotopic (exact) mass is 401 g/mol. The zero-order valence-corrected chi connectivity index (χ0v) is 16.0. The van der Waals surface area contributed by atoms with Gasteiger partial charge in [0.2, 0.25) is 0 Å². The van der Waals surface area contributed by atoms with E-state index in [1.807, 2.05) is 33.7 Å². The summed E-state index contributed by atoms with van der Waals surface area (Å²) in [5.74, 6) is -0.151. The van der Waals surface area contributed by atoms with Gasteiger partial charge in [0.1, 0.15) is 29.3 Å². The van der Waals surface area contributed by atoms with Gasteiger partial charge in [-0.2, -0.15) is 5.26 Å². The molecule has 30 heavy (non-hydrogen) atoms. The molecule has 0 radical (unpaired) electrons. The molecule has 2 aromatic heterocycles. The fraction of sp³-hybridized carbons (Fsp3) is 0.174. The Morgan fingerprint density at radius 2 is 1.87 bits per heavy atom. The van der Waals surface area contributed by atoms with Crippen molar-refractivity contribution in [3.63, 3.8) is 0 Å². The summed E-state index contributed by atoms with van der Waals surface area (Å²) in [6.45, 7) is 0.712. The molecule has 5 nitrogen and oxygen atoms in total. The van der Waals surface area contributed by atoms with Crippen LogP contribution in [0.5, 0.6) is 0 Å². The van der Waals surface area contributed by atoms with Gasteiger partial charge in [0.05, 0.1) is 17.7 Å². The van der Waals surface area contributed by atoms with Crippen molar-refractivity contribution in [3.8, 4) is 11.8 Å². The van der Waals surface area contributed by atoms with Gasteiger partial charge in [-0.1, -0.05) is 0 Å². The van der Waals surface area contributed by atoms with Crippen molar-refractivity contribution in [3.05, 3.63) is 83.7 Å². The first-order valence-corrected chi connectivity index (χ1v) is 9.70. The minimum Gasteiger partial charge on any atom is -0.349 e. The van der Waals surface area contributed by atoms with Gasteiger partial charge in [0, 0.05) is 17.8 Å². The van der Waals surface area contributed by atoms with Gasteiger partial charge in [-0.3, -0.25) is 4.57 Å². The lowest BCUT2D eigenvalue weighted by Crippen LogP contribution is -2.24. The van der Waals surface area contributed by atoms with Crippen LogP contribution in [0, 0.1) is 23.0 Å². The topological polar surface area (TPSA) is 57.7 Å². The third-order valence-corrected chi connectivity index (χ3v) is 5.52. The number of fused-ring (bicyclic) bond motifs is 1. The molecule has 2 aromatic carbocycles. The van der Waals surface area contributed by atoms with Gasteiger partial charge in [-0.15, -0.1) is 0 Å². The lowest BCUT2D eigenvalue weighted by molar-refractivity contribution is 0.560. The summed E-state index contributed by atoms with van der Waals surface area (Å²) in [4.78, 5) is 11.2. The lowest BCUT2D eigenvalue weighted by atomic mass is 10.0. The summed E-state index contributed by atoms with van der Waals surface area (Å²) in [5.41, 5.74) is 3.18. The summed E-state index contributed by atoms with van der Waals surface area (Å²) in [6.07, 6.45) is 3.29. The summed E-state index contributed by atoms with van der Waals surface area (Å²) in [7, 11) is 0. The number of hydrogen-bond acceptors (Lipinski definition) is 4. The van der Waals surface area contributed by atoms with Crippen LogP contribution in [-0.4, -0.2) is 21.1 Å². The quantitative estimate of drug-likeness (QED) is 0.489. The Hall–Kier alpha value is -3.79. The van der Waals surface area contributed by atoms with E-state index in [1.165, 1.54) is 12.1 Å². The molecule has 0 N–H and O–H groups in total. The Morgan fingerprint density at radius 1 is 1.03 bits per heavy atom. The highest BCUT2D eigenvalue weighted by Crippen LogP contribution is 2.37. The van der Waals surface area contributed by atoms with Gasteiger partial charge < -0.3 is 4.90 Å². The fourth-order valence-electron chi connectivity index (χ4n) is 4.06. The largest absolute Gasteiger partial charge is 0.349 e. The van der Waals surface area contributed by atoms with Crippen molar-refractivity contribution in [2.45, 2.75) is 18.9 Å². The molecule has 0 amide bonds. The molecular weight excluding hydrogens is 384 g/mol. The molecule has 1 fully saturated rings. The van der Waals surface area contributed by atoms with Crippen LogP contribution in [0.15, 0.2) is 60.9 Å². The van der Waals surface area contributed by atoms with Crippen molar-refractivity contribution in [2.75, 3.05) is 11.4 Å². The molecular formula is C23H17F2N5. The zero-order chi connectivity index (χ0) is 20.7. The van der Waals surface area contributed by atoms with Crippen molar-refractivity contribution >= 4 is 17.0 Å². The van der Waals surface area contributed by atoms with Crippen LogP contribution < -0.4 is 4.90 Å². The van der Waals surface area contributed by atoms with E-state index in [4.69, 9.17) is 10.2 Å². The number of imidazole rings is 1. The van der Waals surface area contributed by atoms with E-state index >= 15 is 0 Å². The summed E-state index contributed by atoms with van der Waals surface area (Å²) < 4.78 is 30.0. The van der Waals surface area contributed by atoms with E-state index in [0.29, 0.717) is 29.1 Å². The van der Waals surface area contributed by atoms with Crippen molar-refractivity contribution in [1.29, 1.82) is 5.26 Å². The maximum atomic E-state index is 14.4. The Morgan fingerprint density at radius 3 is 2.67 bits per heavy atom. The Bertz CT molecular complexity index is 1270. The predicted molar refractivity (Wildman–Crippen MR) is 109 cm³/mol. The van der Waals surface area contributed by atoms with Crippen LogP contribution in [-0.2, 0) is 0 Å². The number of halogens is 2. The van der Waals surface area contributed by atoms with Gasteiger partial charge in [0.15, 0.2) is 5.65 Å². The van der Waals surface area contributed by atoms with Gasteiger partial charge >= 0.3 is 0 Å². The number of anilines is 1. The SMILES string of the molecule is N#Cc1ccc(-n2cnc3ccc(N4CCC[C@@H]4c4cc(F)ccc4F)nc32)cc1. The third-order valence-electron chi connectivity index (χ3n) is 5.52. The molecule has 1 saturated heterocycles. The number of pyridine rings is 1. The average Bonchev–Trinajstić information content (AvgIpc) is 3.42. The highest BCUT2D eigenvalue weighted by molar-refractivity contribution is 5.75. The second kappa shape index (κ2) is 7.23. The first-order chi connectivity index (χ1) is 14.6. The normalized spacial score (nSPS) is 16.2. The van der Waals surface area contributed by atoms with E-state index in [9.17, 15) is 8.78 Å². The number of aromatic nitrogens is 3. The van der Waals surface area contributed by atoms with Crippen LogP contribution >= 0.6 is 0 Å². The van der Waals surface area contributed by atoms with Crippen LogP contribution in [0.25, 0.3) is 16.9 Å². The van der Waals surface area contributed by atoms with Crippen molar-refractivity contribution in [1.82, 2.24) is 14.5 Å². The first kappa shape index (κ1) is 18.3. The maximum absolute atomic E-state index is 14.4. The minimum absolute atomic E-state index is 0.267. The maximum Gasteiger partial charge on any atom is 0.166 e. The third kappa shape index (κ3) is 3.07. The van der Waals surface area contributed by atoms with E-state index < -0.39 is 11.6 Å².